The minimum absolute atomic E-state index is 0.264. The number of nitrogens with two attached hydrogens (primary N) is 1. The van der Waals surface area contributed by atoms with E-state index in [0.717, 1.165) is 16.8 Å². The van der Waals surface area contributed by atoms with Gasteiger partial charge in [0, 0.05) is 23.2 Å². The number of halogens is 1. The van der Waals surface area contributed by atoms with Crippen molar-refractivity contribution < 1.29 is 9.59 Å². The van der Waals surface area contributed by atoms with Crippen LogP contribution in [0.25, 0.3) is 0 Å². The van der Waals surface area contributed by atoms with Crippen molar-refractivity contribution in [2.75, 3.05) is 11.9 Å². The molecule has 0 fully saturated rings. The SMILES string of the molecule is CC(C)CC(N)C(=O)NC1N=C(c2ccc(Cl)cc2)c2ccccc2N(C)C1=O. The number of benzodiazepines with no additional fused rings is 1. The van der Waals surface area contributed by atoms with E-state index in [9.17, 15) is 9.59 Å². The van der Waals surface area contributed by atoms with Gasteiger partial charge in [0.05, 0.1) is 17.4 Å². The first-order chi connectivity index (χ1) is 13.8. The van der Waals surface area contributed by atoms with Gasteiger partial charge in [-0.05, 0) is 30.5 Å². The molecule has 0 aliphatic carbocycles. The van der Waals surface area contributed by atoms with Crippen LogP contribution < -0.4 is 16.0 Å². The molecule has 29 heavy (non-hydrogen) atoms. The fraction of sp³-hybridized carbons (Fsp3) is 0.318. The second kappa shape index (κ2) is 8.76. The number of nitrogens with zero attached hydrogens (tertiary/aromatic N) is 2. The Morgan fingerprint density at radius 3 is 2.52 bits per heavy atom. The average molecular weight is 413 g/mol. The minimum Gasteiger partial charge on any atom is -0.325 e. The van der Waals surface area contributed by atoms with E-state index in [2.05, 4.69) is 10.3 Å². The van der Waals surface area contributed by atoms with E-state index in [4.69, 9.17) is 17.3 Å². The third-order valence-corrected chi connectivity index (χ3v) is 5.05. The maximum atomic E-state index is 13.1. The highest BCUT2D eigenvalue weighted by Crippen LogP contribution is 2.27. The van der Waals surface area contributed by atoms with Gasteiger partial charge in [-0.3, -0.25) is 9.59 Å². The monoisotopic (exact) mass is 412 g/mol. The van der Waals surface area contributed by atoms with E-state index in [1.165, 1.54) is 4.90 Å². The van der Waals surface area contributed by atoms with Gasteiger partial charge in [0.15, 0.2) is 0 Å². The molecule has 0 spiro atoms. The maximum Gasteiger partial charge on any atom is 0.272 e. The van der Waals surface area contributed by atoms with Gasteiger partial charge in [0.25, 0.3) is 5.91 Å². The van der Waals surface area contributed by atoms with Gasteiger partial charge in [0.2, 0.25) is 12.1 Å². The summed E-state index contributed by atoms with van der Waals surface area (Å²) in [6.07, 6.45) is -0.542. The molecule has 152 valence electrons. The Kier molecular flexibility index (Phi) is 6.35. The summed E-state index contributed by atoms with van der Waals surface area (Å²) in [5, 5.41) is 3.33. The van der Waals surface area contributed by atoms with Crippen molar-refractivity contribution >= 4 is 34.8 Å². The lowest BCUT2D eigenvalue weighted by Gasteiger charge is -2.22. The number of hydrogen-bond donors (Lipinski definition) is 2. The van der Waals surface area contributed by atoms with Crippen LogP contribution in [-0.2, 0) is 9.59 Å². The molecule has 1 aliphatic heterocycles. The Morgan fingerprint density at radius 1 is 1.21 bits per heavy atom. The van der Waals surface area contributed by atoms with Crippen LogP contribution in [0, 0.1) is 5.92 Å². The molecule has 0 bridgehead atoms. The highest BCUT2D eigenvalue weighted by Gasteiger charge is 2.32. The number of carbonyl (C=O) groups is 2. The fourth-order valence-corrected chi connectivity index (χ4v) is 3.44. The number of para-hydroxylation sites is 1. The van der Waals surface area contributed by atoms with Crippen LogP contribution in [0.2, 0.25) is 5.02 Å². The van der Waals surface area contributed by atoms with Gasteiger partial charge in [-0.1, -0.05) is 55.8 Å². The first-order valence-corrected chi connectivity index (χ1v) is 9.92. The van der Waals surface area contributed by atoms with E-state index in [0.29, 0.717) is 17.2 Å². The lowest BCUT2D eigenvalue weighted by atomic mass is 10.0. The number of rotatable bonds is 5. The second-order valence-corrected chi connectivity index (χ2v) is 7.98. The minimum atomic E-state index is -1.07. The molecule has 6 nitrogen and oxygen atoms in total. The van der Waals surface area contributed by atoms with Crippen molar-refractivity contribution in [2.45, 2.75) is 32.5 Å². The van der Waals surface area contributed by atoms with Gasteiger partial charge in [0.1, 0.15) is 0 Å². The number of likely N-dealkylation sites (N-methyl/N-ethyl adjacent to an activating group) is 1. The Hall–Kier alpha value is -2.70. The molecule has 7 heteroatoms. The molecule has 1 heterocycles. The topological polar surface area (TPSA) is 87.8 Å². The standard InChI is InChI=1S/C22H25ClN4O2/c1-13(2)12-17(24)21(28)26-20-22(29)27(3)18-7-5-4-6-16(18)19(25-20)14-8-10-15(23)11-9-14/h4-11,13,17,20H,12,24H2,1-3H3,(H,26,28). The Balaban J connectivity index is 2.03. The summed E-state index contributed by atoms with van der Waals surface area (Å²) in [4.78, 5) is 31.8. The van der Waals surface area contributed by atoms with Crippen LogP contribution in [0.4, 0.5) is 5.69 Å². The number of aliphatic imine (C=N–C) groups is 1. The van der Waals surface area contributed by atoms with E-state index in [1.54, 1.807) is 19.2 Å². The number of hydrogen-bond acceptors (Lipinski definition) is 4. The van der Waals surface area contributed by atoms with Crippen LogP contribution in [0.15, 0.2) is 53.5 Å². The van der Waals surface area contributed by atoms with Crippen LogP contribution in [0.3, 0.4) is 0 Å². The number of benzene rings is 2. The summed E-state index contributed by atoms with van der Waals surface area (Å²) in [5.41, 5.74) is 8.93. The molecule has 0 saturated heterocycles. The molecule has 2 aromatic carbocycles. The Labute approximate surface area is 175 Å². The van der Waals surface area contributed by atoms with Gasteiger partial charge in [-0.2, -0.15) is 0 Å². The predicted octanol–water partition coefficient (Wildman–Crippen LogP) is 2.97. The molecular formula is C22H25ClN4O2. The first kappa shape index (κ1) is 21.0. The fourth-order valence-electron chi connectivity index (χ4n) is 3.31. The Morgan fingerprint density at radius 2 is 1.86 bits per heavy atom. The van der Waals surface area contributed by atoms with Crippen LogP contribution >= 0.6 is 11.6 Å². The van der Waals surface area contributed by atoms with Crippen LogP contribution in [0.5, 0.6) is 0 Å². The van der Waals surface area contributed by atoms with Crippen LogP contribution in [0.1, 0.15) is 31.4 Å². The van der Waals surface area contributed by atoms with Crippen molar-refractivity contribution in [3.05, 3.63) is 64.7 Å². The molecule has 2 atom stereocenters. The zero-order valence-corrected chi connectivity index (χ0v) is 17.5. The van der Waals surface area contributed by atoms with Gasteiger partial charge < -0.3 is 16.0 Å². The molecule has 1 aliphatic rings. The summed E-state index contributed by atoms with van der Waals surface area (Å²) in [6.45, 7) is 3.98. The maximum absolute atomic E-state index is 13.1. The quantitative estimate of drug-likeness (QED) is 0.791. The van der Waals surface area contributed by atoms with Crippen molar-refractivity contribution in [3.8, 4) is 0 Å². The third-order valence-electron chi connectivity index (χ3n) is 4.80. The third kappa shape index (κ3) is 4.66. The van der Waals surface area contributed by atoms with Crippen molar-refractivity contribution in [1.29, 1.82) is 0 Å². The van der Waals surface area contributed by atoms with Gasteiger partial charge in [-0.25, -0.2) is 4.99 Å². The molecule has 3 N–H and O–H groups in total. The summed E-state index contributed by atoms with van der Waals surface area (Å²) in [7, 11) is 1.68. The Bertz CT molecular complexity index is 940. The average Bonchev–Trinajstić information content (AvgIpc) is 2.79. The molecule has 3 rings (SSSR count). The number of fused-ring (bicyclic) bond motifs is 1. The van der Waals surface area contributed by atoms with Crippen molar-refractivity contribution in [3.63, 3.8) is 0 Å². The molecule has 0 radical (unpaired) electrons. The highest BCUT2D eigenvalue weighted by molar-refractivity contribution is 6.30. The number of amides is 2. The summed E-state index contributed by atoms with van der Waals surface area (Å²) in [5.74, 6) is -0.456. The number of nitrogens with one attached hydrogen (secondary N) is 1. The smallest absolute Gasteiger partial charge is 0.272 e. The zero-order valence-electron chi connectivity index (χ0n) is 16.7. The summed E-state index contributed by atoms with van der Waals surface area (Å²) < 4.78 is 0. The van der Waals surface area contributed by atoms with Crippen molar-refractivity contribution in [1.82, 2.24) is 5.32 Å². The summed E-state index contributed by atoms with van der Waals surface area (Å²) >= 11 is 6.03. The zero-order chi connectivity index (χ0) is 21.1. The molecule has 2 unspecified atom stereocenters. The normalized spacial score (nSPS) is 17.4. The molecular weight excluding hydrogens is 388 g/mol. The number of anilines is 1. The molecule has 2 amide bonds. The molecule has 0 aromatic heterocycles. The van der Waals surface area contributed by atoms with E-state index in [-0.39, 0.29) is 11.8 Å². The highest BCUT2D eigenvalue weighted by atomic mass is 35.5. The van der Waals surface area contributed by atoms with Crippen molar-refractivity contribution in [2.24, 2.45) is 16.6 Å². The largest absolute Gasteiger partial charge is 0.325 e. The summed E-state index contributed by atoms with van der Waals surface area (Å²) in [6, 6.07) is 14.0. The molecule has 0 saturated carbocycles. The number of carbonyl (C=O) groups excluding carboxylic acids is 2. The first-order valence-electron chi connectivity index (χ1n) is 9.54. The predicted molar refractivity (Wildman–Crippen MR) is 116 cm³/mol. The molecule has 2 aromatic rings. The van der Waals surface area contributed by atoms with Crippen LogP contribution in [-0.4, -0.2) is 36.8 Å². The van der Waals surface area contributed by atoms with E-state index in [1.807, 2.05) is 50.2 Å². The lowest BCUT2D eigenvalue weighted by Crippen LogP contribution is -2.51. The van der Waals surface area contributed by atoms with E-state index < -0.39 is 18.1 Å². The lowest BCUT2D eigenvalue weighted by molar-refractivity contribution is -0.128. The van der Waals surface area contributed by atoms with Gasteiger partial charge >= 0.3 is 0 Å². The van der Waals surface area contributed by atoms with Gasteiger partial charge in [-0.15, -0.1) is 0 Å². The van der Waals surface area contributed by atoms with E-state index >= 15 is 0 Å². The second-order valence-electron chi connectivity index (χ2n) is 7.55.